The molecule has 0 fully saturated rings. The molecule has 0 saturated carbocycles. The second kappa shape index (κ2) is 10.9. The van der Waals surface area contributed by atoms with E-state index in [1.165, 1.54) is 43.4 Å². The van der Waals surface area contributed by atoms with Crippen LogP contribution >= 0.6 is 0 Å². The zero-order valence-corrected chi connectivity index (χ0v) is 19.9. The van der Waals surface area contributed by atoms with Gasteiger partial charge in [-0.2, -0.15) is 5.10 Å². The van der Waals surface area contributed by atoms with Crippen molar-refractivity contribution in [1.29, 1.82) is 0 Å². The summed E-state index contributed by atoms with van der Waals surface area (Å²) in [5.74, 6) is -2.50. The lowest BCUT2D eigenvalue weighted by Gasteiger charge is -2.18. The van der Waals surface area contributed by atoms with Crippen LogP contribution in [-0.4, -0.2) is 53.2 Å². The zero-order chi connectivity index (χ0) is 27.4. The maximum atomic E-state index is 14.0. The highest BCUT2D eigenvalue weighted by Crippen LogP contribution is 2.31. The summed E-state index contributed by atoms with van der Waals surface area (Å²) in [5, 5.41) is 21.9. The van der Waals surface area contributed by atoms with Crippen molar-refractivity contribution in [2.45, 2.75) is 18.8 Å². The number of aliphatic hydroxyl groups excluding tert-OH is 1. The number of hydrogen-bond acceptors (Lipinski definition) is 5. The topological polar surface area (TPSA) is 116 Å². The van der Waals surface area contributed by atoms with Gasteiger partial charge in [-0.25, -0.2) is 4.39 Å². The first-order valence-electron chi connectivity index (χ1n) is 11.3. The van der Waals surface area contributed by atoms with E-state index in [-0.39, 0.29) is 17.8 Å². The average molecular weight is 530 g/mol. The Kier molecular flexibility index (Phi) is 7.62. The molecule has 0 bridgehead atoms. The molecule has 2 amide bonds. The third-order valence-electron chi connectivity index (χ3n) is 5.78. The molecule has 0 aliphatic heterocycles. The Bertz CT molecular complexity index is 1470. The van der Waals surface area contributed by atoms with Crippen molar-refractivity contribution in [3.05, 3.63) is 83.3 Å². The number of nitrogens with zero attached hydrogens (tertiary/aromatic N) is 1. The Morgan fingerprint density at radius 3 is 2.42 bits per heavy atom. The number of alkyl halides is 3. The second-order valence-corrected chi connectivity index (χ2v) is 8.30. The molecular formula is C26H22F4N4O4. The van der Waals surface area contributed by atoms with Gasteiger partial charge < -0.3 is 20.5 Å². The van der Waals surface area contributed by atoms with Crippen molar-refractivity contribution >= 4 is 22.7 Å². The van der Waals surface area contributed by atoms with E-state index in [0.29, 0.717) is 27.8 Å². The number of halogens is 4. The maximum Gasteiger partial charge on any atom is 0.573 e. The number of carbonyl (C=O) groups excluding carboxylic acids is 2. The molecular weight excluding hydrogens is 508 g/mol. The smallest absolute Gasteiger partial charge is 0.405 e. The Morgan fingerprint density at radius 1 is 1.05 bits per heavy atom. The van der Waals surface area contributed by atoms with Gasteiger partial charge in [0.25, 0.3) is 11.8 Å². The van der Waals surface area contributed by atoms with Crippen molar-refractivity contribution < 1.29 is 37.0 Å². The number of carbonyl (C=O) groups is 2. The Hall–Kier alpha value is -4.45. The molecule has 1 atom stereocenters. The Labute approximate surface area is 213 Å². The van der Waals surface area contributed by atoms with Gasteiger partial charge in [0.05, 0.1) is 23.9 Å². The second-order valence-electron chi connectivity index (χ2n) is 8.30. The predicted octanol–water partition coefficient (Wildman–Crippen LogP) is 3.96. The van der Waals surface area contributed by atoms with Crippen LogP contribution in [0, 0.1) is 5.82 Å². The Balaban J connectivity index is 1.62. The van der Waals surface area contributed by atoms with Crippen LogP contribution in [0.2, 0.25) is 0 Å². The third kappa shape index (κ3) is 5.92. The largest absolute Gasteiger partial charge is 0.573 e. The summed E-state index contributed by atoms with van der Waals surface area (Å²) in [6.45, 7) is -0.564. The first-order valence-corrected chi connectivity index (χ1v) is 11.3. The van der Waals surface area contributed by atoms with Crippen LogP contribution in [0.4, 0.5) is 17.6 Å². The normalized spacial score (nSPS) is 12.3. The van der Waals surface area contributed by atoms with E-state index in [0.717, 1.165) is 6.07 Å². The van der Waals surface area contributed by atoms with Crippen molar-refractivity contribution in [3.8, 4) is 16.9 Å². The number of H-pyrrole nitrogens is 1. The molecule has 0 radical (unpaired) electrons. The van der Waals surface area contributed by atoms with E-state index in [9.17, 15) is 32.3 Å². The average Bonchev–Trinajstić information content (AvgIpc) is 3.31. The van der Waals surface area contributed by atoms with E-state index >= 15 is 0 Å². The highest BCUT2D eigenvalue weighted by molar-refractivity contribution is 5.99. The molecule has 4 aromatic rings. The highest BCUT2D eigenvalue weighted by Gasteiger charge is 2.33. The van der Waals surface area contributed by atoms with E-state index in [1.807, 2.05) is 0 Å². The van der Waals surface area contributed by atoms with E-state index in [2.05, 4.69) is 25.6 Å². The zero-order valence-electron chi connectivity index (χ0n) is 19.9. The highest BCUT2D eigenvalue weighted by atomic mass is 19.4. The maximum absolute atomic E-state index is 14.0. The van der Waals surface area contributed by atoms with Crippen LogP contribution in [-0.2, 0) is 6.42 Å². The summed E-state index contributed by atoms with van der Waals surface area (Å²) in [5.41, 5.74) is 1.39. The molecule has 198 valence electrons. The number of hydrogen-bond donors (Lipinski definition) is 4. The number of aromatic nitrogens is 2. The van der Waals surface area contributed by atoms with Crippen molar-refractivity contribution in [2.75, 3.05) is 13.7 Å². The number of benzene rings is 3. The van der Waals surface area contributed by atoms with E-state index < -0.39 is 42.0 Å². The monoisotopic (exact) mass is 530 g/mol. The lowest BCUT2D eigenvalue weighted by molar-refractivity contribution is -0.274. The number of amides is 2. The first kappa shape index (κ1) is 26.6. The summed E-state index contributed by atoms with van der Waals surface area (Å²) in [6.07, 6.45) is -5.08. The minimum atomic E-state index is -5.06. The molecule has 38 heavy (non-hydrogen) atoms. The SMILES string of the molecule is CNC(=O)c1ccc(-c2ccc(OC(F)(F)F)c(C(=O)NC(CO)Cc3n[nH]c4c(F)cccc34)c2)cc1. The number of aliphatic hydroxyl groups is 1. The molecule has 4 N–H and O–H groups in total. The van der Waals surface area contributed by atoms with Gasteiger partial charge in [-0.1, -0.05) is 30.3 Å². The van der Waals surface area contributed by atoms with Gasteiger partial charge in [0, 0.05) is 24.4 Å². The number of nitrogens with one attached hydrogen (secondary N) is 3. The van der Waals surface area contributed by atoms with Crippen LogP contribution in [0.3, 0.4) is 0 Å². The van der Waals surface area contributed by atoms with E-state index in [4.69, 9.17) is 0 Å². The summed E-state index contributed by atoms with van der Waals surface area (Å²) >= 11 is 0. The van der Waals surface area contributed by atoms with Crippen LogP contribution in [0.5, 0.6) is 5.75 Å². The minimum Gasteiger partial charge on any atom is -0.405 e. The van der Waals surface area contributed by atoms with Crippen LogP contribution in [0.25, 0.3) is 22.0 Å². The number of rotatable bonds is 8. The minimum absolute atomic E-state index is 0.0260. The molecule has 12 heteroatoms. The number of aromatic amines is 1. The quantitative estimate of drug-likeness (QED) is 0.258. The number of ether oxygens (including phenoxy) is 1. The molecule has 1 aromatic heterocycles. The molecule has 0 aliphatic rings. The van der Waals surface area contributed by atoms with Crippen molar-refractivity contribution in [2.24, 2.45) is 0 Å². The van der Waals surface area contributed by atoms with Gasteiger partial charge in [-0.15, -0.1) is 13.2 Å². The molecule has 3 aromatic carbocycles. The van der Waals surface area contributed by atoms with Gasteiger partial charge in [-0.3, -0.25) is 14.7 Å². The van der Waals surface area contributed by atoms with Gasteiger partial charge in [0.15, 0.2) is 0 Å². The first-order chi connectivity index (χ1) is 18.1. The lowest BCUT2D eigenvalue weighted by Crippen LogP contribution is -2.39. The predicted molar refractivity (Wildman–Crippen MR) is 130 cm³/mol. The molecule has 1 heterocycles. The lowest BCUT2D eigenvalue weighted by atomic mass is 10.00. The fourth-order valence-electron chi connectivity index (χ4n) is 3.93. The fourth-order valence-corrected chi connectivity index (χ4v) is 3.93. The van der Waals surface area contributed by atoms with Crippen molar-refractivity contribution in [1.82, 2.24) is 20.8 Å². The van der Waals surface area contributed by atoms with Gasteiger partial charge in [0.2, 0.25) is 0 Å². The van der Waals surface area contributed by atoms with Crippen molar-refractivity contribution in [3.63, 3.8) is 0 Å². The molecule has 1 unspecified atom stereocenters. The summed E-state index contributed by atoms with van der Waals surface area (Å²) in [6, 6.07) is 13.2. The van der Waals surface area contributed by atoms with Crippen LogP contribution < -0.4 is 15.4 Å². The fraction of sp³-hybridized carbons (Fsp3) is 0.192. The molecule has 0 aliphatic carbocycles. The van der Waals surface area contributed by atoms with Crippen LogP contribution in [0.15, 0.2) is 60.7 Å². The van der Waals surface area contributed by atoms with E-state index in [1.54, 1.807) is 18.2 Å². The summed E-state index contributed by atoms with van der Waals surface area (Å²) < 4.78 is 57.2. The number of fused-ring (bicyclic) bond motifs is 1. The van der Waals surface area contributed by atoms with Gasteiger partial charge in [0.1, 0.15) is 17.1 Å². The third-order valence-corrected chi connectivity index (χ3v) is 5.78. The Morgan fingerprint density at radius 2 is 1.76 bits per heavy atom. The summed E-state index contributed by atoms with van der Waals surface area (Å²) in [7, 11) is 1.48. The van der Waals surface area contributed by atoms with Gasteiger partial charge >= 0.3 is 6.36 Å². The van der Waals surface area contributed by atoms with Gasteiger partial charge in [-0.05, 0) is 41.5 Å². The molecule has 8 nitrogen and oxygen atoms in total. The molecule has 0 spiro atoms. The number of para-hydroxylation sites is 1. The summed E-state index contributed by atoms with van der Waals surface area (Å²) in [4.78, 5) is 24.9. The molecule has 0 saturated heterocycles. The standard InChI is InChI=1S/C26H22F4N4O4/c1-31-24(36)15-7-5-14(6-8-15)16-9-10-22(38-26(28,29)30)19(11-16)25(37)32-17(13-35)12-21-18-3-2-4-20(27)23(18)34-33-21/h2-11,17,35H,12-13H2,1H3,(H,31,36)(H,32,37)(H,33,34). The van der Waals surface area contributed by atoms with Crippen LogP contribution in [0.1, 0.15) is 26.4 Å². The molecule has 4 rings (SSSR count).